The van der Waals surface area contributed by atoms with Gasteiger partial charge in [0, 0.05) is 24.4 Å². The molecule has 1 aliphatic carbocycles. The summed E-state index contributed by atoms with van der Waals surface area (Å²) in [6, 6.07) is 13.0. The standard InChI is InChI=1S/C28H33FN4O3S/c1-28(2,3)36-27(35)33-23-12-9-20(14-23)25(33)26(34)31-22(16-30)13-19-6-5-18(15-24(19)29)17-7-10-21(11-8-17)32-37-4/h5-8,10-11,15,20,22-23,25,32H,9,12-14H2,1-4H3,(H,31,34)/t20-,22?,23+,25-/m0/s1. The van der Waals surface area contributed by atoms with Crippen LogP contribution in [0.5, 0.6) is 0 Å². The van der Waals surface area contributed by atoms with Gasteiger partial charge in [-0.15, -0.1) is 0 Å². The van der Waals surface area contributed by atoms with E-state index in [2.05, 4.69) is 16.1 Å². The number of halogens is 1. The van der Waals surface area contributed by atoms with Gasteiger partial charge >= 0.3 is 6.09 Å². The fourth-order valence-corrected chi connectivity index (χ4v) is 5.62. The average Bonchev–Trinajstić information content (AvgIpc) is 3.46. The molecule has 1 saturated carbocycles. The third kappa shape index (κ3) is 6.19. The minimum atomic E-state index is -0.927. The highest BCUT2D eigenvalue weighted by atomic mass is 32.2. The van der Waals surface area contributed by atoms with E-state index in [1.807, 2.05) is 36.6 Å². The highest BCUT2D eigenvalue weighted by molar-refractivity contribution is 7.99. The summed E-state index contributed by atoms with van der Waals surface area (Å²) in [5.74, 6) is -0.792. The number of nitrogens with one attached hydrogen (secondary N) is 2. The van der Waals surface area contributed by atoms with Crippen LogP contribution >= 0.6 is 11.9 Å². The fourth-order valence-electron chi connectivity index (χ4n) is 5.25. The first-order valence-electron chi connectivity index (χ1n) is 12.5. The summed E-state index contributed by atoms with van der Waals surface area (Å²) in [6.45, 7) is 5.37. The van der Waals surface area contributed by atoms with Gasteiger partial charge in [-0.2, -0.15) is 5.26 Å². The van der Waals surface area contributed by atoms with Gasteiger partial charge in [0.05, 0.1) is 6.07 Å². The lowest BCUT2D eigenvalue weighted by Gasteiger charge is -2.35. The Bertz CT molecular complexity index is 1190. The molecule has 4 atom stereocenters. The third-order valence-electron chi connectivity index (χ3n) is 6.85. The molecule has 2 amide bonds. The molecule has 1 heterocycles. The molecule has 2 N–H and O–H groups in total. The van der Waals surface area contributed by atoms with Gasteiger partial charge in [0.15, 0.2) is 0 Å². The number of ether oxygens (including phenoxy) is 1. The molecule has 2 fully saturated rings. The van der Waals surface area contributed by atoms with Crippen molar-refractivity contribution in [3.05, 3.63) is 53.8 Å². The molecule has 196 valence electrons. The van der Waals surface area contributed by atoms with Crippen molar-refractivity contribution in [1.82, 2.24) is 10.2 Å². The Morgan fingerprint density at radius 1 is 1.19 bits per heavy atom. The van der Waals surface area contributed by atoms with Crippen LogP contribution in [-0.4, -0.2) is 46.9 Å². The van der Waals surface area contributed by atoms with Crippen LogP contribution < -0.4 is 10.0 Å². The molecule has 0 spiro atoms. The van der Waals surface area contributed by atoms with E-state index in [-0.39, 0.29) is 24.3 Å². The van der Waals surface area contributed by atoms with Crippen molar-refractivity contribution in [2.75, 3.05) is 11.0 Å². The summed E-state index contributed by atoms with van der Waals surface area (Å²) < 4.78 is 23.7. The van der Waals surface area contributed by atoms with Gasteiger partial charge in [-0.3, -0.25) is 9.69 Å². The molecule has 37 heavy (non-hydrogen) atoms. The minimum Gasteiger partial charge on any atom is -0.444 e. The van der Waals surface area contributed by atoms with Crippen LogP contribution in [0.25, 0.3) is 11.1 Å². The van der Waals surface area contributed by atoms with Gasteiger partial charge in [0.1, 0.15) is 23.5 Å². The lowest BCUT2D eigenvalue weighted by Crippen LogP contribution is -2.55. The molecule has 0 radical (unpaired) electrons. The second-order valence-electron chi connectivity index (χ2n) is 10.6. The Hall–Kier alpha value is -3.25. The van der Waals surface area contributed by atoms with Gasteiger partial charge in [-0.05, 0) is 80.8 Å². The van der Waals surface area contributed by atoms with Crippen molar-refractivity contribution < 1.29 is 18.7 Å². The topological polar surface area (TPSA) is 94.5 Å². The van der Waals surface area contributed by atoms with E-state index < -0.39 is 29.6 Å². The van der Waals surface area contributed by atoms with E-state index in [0.717, 1.165) is 36.1 Å². The van der Waals surface area contributed by atoms with Crippen molar-refractivity contribution in [2.24, 2.45) is 5.92 Å². The van der Waals surface area contributed by atoms with Crippen molar-refractivity contribution in [3.8, 4) is 17.2 Å². The molecular weight excluding hydrogens is 491 g/mol. The van der Waals surface area contributed by atoms with E-state index >= 15 is 4.39 Å². The number of hydrogen-bond donors (Lipinski definition) is 2. The Balaban J connectivity index is 1.43. The summed E-state index contributed by atoms with van der Waals surface area (Å²) >= 11 is 1.50. The molecule has 9 heteroatoms. The number of benzene rings is 2. The molecule has 4 rings (SSSR count). The number of rotatable bonds is 7. The zero-order chi connectivity index (χ0) is 26.7. The highest BCUT2D eigenvalue weighted by Gasteiger charge is 2.52. The Labute approximate surface area is 221 Å². The summed E-state index contributed by atoms with van der Waals surface area (Å²) in [4.78, 5) is 27.7. The predicted molar refractivity (Wildman–Crippen MR) is 143 cm³/mol. The van der Waals surface area contributed by atoms with Gasteiger partial charge in [-0.1, -0.05) is 36.2 Å². The second-order valence-corrected chi connectivity index (χ2v) is 11.3. The maximum atomic E-state index is 15.0. The largest absolute Gasteiger partial charge is 0.444 e. The number of piperidine rings is 1. The smallest absolute Gasteiger partial charge is 0.411 e. The summed E-state index contributed by atoms with van der Waals surface area (Å²) in [6.07, 6.45) is 3.89. The number of anilines is 1. The van der Waals surface area contributed by atoms with Crippen molar-refractivity contribution in [2.45, 2.75) is 70.2 Å². The molecule has 1 unspecified atom stereocenters. The predicted octanol–water partition coefficient (Wildman–Crippen LogP) is 5.52. The minimum absolute atomic E-state index is 0.0260. The van der Waals surface area contributed by atoms with Gasteiger partial charge < -0.3 is 14.8 Å². The van der Waals surface area contributed by atoms with Crippen LogP contribution in [0, 0.1) is 23.1 Å². The number of likely N-dealkylation sites (tertiary alicyclic amines) is 1. The first-order valence-corrected chi connectivity index (χ1v) is 13.7. The van der Waals surface area contributed by atoms with Gasteiger partial charge in [0.25, 0.3) is 0 Å². The number of amides is 2. The number of hydrogen-bond acceptors (Lipinski definition) is 6. The first-order chi connectivity index (χ1) is 17.6. The molecule has 0 aromatic heterocycles. The normalized spacial score (nSPS) is 21.3. The first kappa shape index (κ1) is 26.8. The van der Waals surface area contributed by atoms with Crippen LogP contribution in [0.15, 0.2) is 42.5 Å². The monoisotopic (exact) mass is 524 g/mol. The number of fused-ring (bicyclic) bond motifs is 2. The van der Waals surface area contributed by atoms with E-state index in [1.165, 1.54) is 18.0 Å². The van der Waals surface area contributed by atoms with E-state index in [9.17, 15) is 14.9 Å². The lowest BCUT2D eigenvalue weighted by molar-refractivity contribution is -0.128. The molecule has 1 aliphatic heterocycles. The Kier molecular flexibility index (Phi) is 7.98. The quantitative estimate of drug-likeness (QED) is 0.463. The van der Waals surface area contributed by atoms with Crippen molar-refractivity contribution in [1.29, 1.82) is 5.26 Å². The molecule has 2 bridgehead atoms. The van der Waals surface area contributed by atoms with E-state index in [1.54, 1.807) is 31.7 Å². The highest BCUT2D eigenvalue weighted by Crippen LogP contribution is 2.43. The number of carbonyl (C=O) groups excluding carboxylic acids is 2. The number of nitrogens with zero attached hydrogens (tertiary/aromatic N) is 2. The molecule has 2 aliphatic rings. The number of nitriles is 1. The molecule has 1 saturated heterocycles. The summed E-state index contributed by atoms with van der Waals surface area (Å²) in [5.41, 5.74) is 2.23. The fraction of sp³-hybridized carbons (Fsp3) is 0.464. The van der Waals surface area contributed by atoms with Gasteiger partial charge in [0.2, 0.25) is 5.91 Å². The van der Waals surface area contributed by atoms with Gasteiger partial charge in [-0.25, -0.2) is 9.18 Å². The van der Waals surface area contributed by atoms with E-state index in [4.69, 9.17) is 4.74 Å². The zero-order valence-electron chi connectivity index (χ0n) is 21.6. The van der Waals surface area contributed by atoms with E-state index in [0.29, 0.717) is 5.56 Å². The average molecular weight is 525 g/mol. The van der Waals surface area contributed by atoms with Crippen LogP contribution in [0.1, 0.15) is 45.6 Å². The molecule has 2 aromatic rings. The van der Waals surface area contributed by atoms with Crippen molar-refractivity contribution >= 4 is 29.6 Å². The molecular formula is C28H33FN4O3S. The van der Waals surface area contributed by atoms with Crippen LogP contribution in [0.4, 0.5) is 14.9 Å². The zero-order valence-corrected chi connectivity index (χ0v) is 22.4. The van der Waals surface area contributed by atoms with Crippen LogP contribution in [0.2, 0.25) is 0 Å². The maximum Gasteiger partial charge on any atom is 0.411 e. The van der Waals surface area contributed by atoms with Crippen LogP contribution in [-0.2, 0) is 16.0 Å². The summed E-state index contributed by atoms with van der Waals surface area (Å²) in [5, 5.41) is 12.5. The third-order valence-corrected chi connectivity index (χ3v) is 7.29. The summed E-state index contributed by atoms with van der Waals surface area (Å²) in [7, 11) is 0. The number of carbonyl (C=O) groups is 2. The Morgan fingerprint density at radius 3 is 2.51 bits per heavy atom. The molecule has 2 aromatic carbocycles. The Morgan fingerprint density at radius 2 is 1.89 bits per heavy atom. The van der Waals surface area contributed by atoms with Crippen molar-refractivity contribution in [3.63, 3.8) is 0 Å². The lowest BCUT2D eigenvalue weighted by atomic mass is 9.97. The molecule has 7 nitrogen and oxygen atoms in total. The maximum absolute atomic E-state index is 15.0. The second kappa shape index (κ2) is 11.0. The van der Waals surface area contributed by atoms with Crippen LogP contribution in [0.3, 0.4) is 0 Å². The SMILES string of the molecule is CSNc1ccc(-c2ccc(CC(C#N)NC(=O)[C@@H]3[C@H]4CC[C@H](C4)N3C(=O)OC(C)(C)C)c(F)c2)cc1.